The monoisotopic (exact) mass is 180 g/mol. The minimum atomic E-state index is 0.154. The summed E-state index contributed by atoms with van der Waals surface area (Å²) in [4.78, 5) is 4.17. The molecule has 0 aliphatic carbocycles. The van der Waals surface area contributed by atoms with E-state index in [1.54, 1.807) is 0 Å². The maximum atomic E-state index is 5.00. The molecule has 13 heavy (non-hydrogen) atoms. The molecule has 0 aliphatic heterocycles. The molecule has 3 heteroatoms. The number of aryl methyl sites for hydroxylation is 1. The Morgan fingerprint density at radius 2 is 2.08 bits per heavy atom. The number of rotatable bonds is 2. The SMILES string of the molecule is CCc1noc(/C=C/C(C)(C)C)n1. The van der Waals surface area contributed by atoms with Crippen LogP contribution in [0.1, 0.15) is 39.4 Å². The highest BCUT2D eigenvalue weighted by Crippen LogP contribution is 2.16. The van der Waals surface area contributed by atoms with Gasteiger partial charge in [-0.2, -0.15) is 4.98 Å². The van der Waals surface area contributed by atoms with Crippen molar-refractivity contribution in [2.24, 2.45) is 5.41 Å². The lowest BCUT2D eigenvalue weighted by Gasteiger charge is -2.09. The second-order valence-corrected chi connectivity index (χ2v) is 4.10. The molecule has 0 aromatic carbocycles. The molecule has 0 saturated heterocycles. The maximum absolute atomic E-state index is 5.00. The Bertz CT molecular complexity index is 294. The van der Waals surface area contributed by atoms with E-state index < -0.39 is 0 Å². The van der Waals surface area contributed by atoms with E-state index in [2.05, 4.69) is 37.0 Å². The molecule has 1 aromatic rings. The number of hydrogen-bond acceptors (Lipinski definition) is 3. The van der Waals surface area contributed by atoms with Gasteiger partial charge in [0.05, 0.1) is 0 Å². The summed E-state index contributed by atoms with van der Waals surface area (Å²) in [5.41, 5.74) is 0.154. The summed E-state index contributed by atoms with van der Waals surface area (Å²) >= 11 is 0. The minimum absolute atomic E-state index is 0.154. The Morgan fingerprint density at radius 1 is 1.38 bits per heavy atom. The van der Waals surface area contributed by atoms with E-state index >= 15 is 0 Å². The zero-order valence-electron chi connectivity index (χ0n) is 8.66. The molecule has 0 saturated carbocycles. The van der Waals surface area contributed by atoms with Gasteiger partial charge in [0.1, 0.15) is 0 Å². The van der Waals surface area contributed by atoms with Crippen molar-refractivity contribution in [3.63, 3.8) is 0 Å². The molecule has 1 heterocycles. The summed E-state index contributed by atoms with van der Waals surface area (Å²) in [6.45, 7) is 8.38. The van der Waals surface area contributed by atoms with E-state index in [1.807, 2.05) is 13.0 Å². The molecule has 0 amide bonds. The topological polar surface area (TPSA) is 38.9 Å². The summed E-state index contributed by atoms with van der Waals surface area (Å²) in [7, 11) is 0. The van der Waals surface area contributed by atoms with Crippen LogP contribution < -0.4 is 0 Å². The van der Waals surface area contributed by atoms with Crippen molar-refractivity contribution in [2.75, 3.05) is 0 Å². The van der Waals surface area contributed by atoms with Crippen LogP contribution in [0.2, 0.25) is 0 Å². The molecular formula is C10H16N2O. The zero-order chi connectivity index (χ0) is 9.90. The van der Waals surface area contributed by atoms with Crippen molar-refractivity contribution >= 4 is 6.08 Å². The Balaban J connectivity index is 2.69. The van der Waals surface area contributed by atoms with E-state index in [4.69, 9.17) is 4.52 Å². The van der Waals surface area contributed by atoms with Crippen molar-refractivity contribution in [2.45, 2.75) is 34.1 Å². The number of hydrogen-bond donors (Lipinski definition) is 0. The summed E-state index contributed by atoms with van der Waals surface area (Å²) in [6, 6.07) is 0. The van der Waals surface area contributed by atoms with E-state index in [-0.39, 0.29) is 5.41 Å². The highest BCUT2D eigenvalue weighted by molar-refractivity contribution is 5.38. The Kier molecular flexibility index (Phi) is 2.86. The van der Waals surface area contributed by atoms with E-state index in [1.165, 1.54) is 0 Å². The quantitative estimate of drug-likeness (QED) is 0.702. The lowest BCUT2D eigenvalue weighted by atomic mass is 9.96. The lowest BCUT2D eigenvalue weighted by Crippen LogP contribution is -1.97. The fraction of sp³-hybridized carbons (Fsp3) is 0.600. The predicted molar refractivity (Wildman–Crippen MR) is 52.2 cm³/mol. The fourth-order valence-electron chi connectivity index (χ4n) is 0.800. The predicted octanol–water partition coefficient (Wildman–Crippen LogP) is 2.69. The fourth-order valence-corrected chi connectivity index (χ4v) is 0.800. The third kappa shape index (κ3) is 3.40. The van der Waals surface area contributed by atoms with Crippen molar-refractivity contribution in [1.29, 1.82) is 0 Å². The summed E-state index contributed by atoms with van der Waals surface area (Å²) in [5, 5.41) is 3.80. The molecule has 3 nitrogen and oxygen atoms in total. The first-order chi connectivity index (χ1) is 6.01. The standard InChI is InChI=1S/C10H16N2O/c1-5-8-11-9(13-12-8)6-7-10(2,3)4/h6-7H,5H2,1-4H3/b7-6+. The Morgan fingerprint density at radius 3 is 2.54 bits per heavy atom. The van der Waals surface area contributed by atoms with Crippen LogP contribution >= 0.6 is 0 Å². The molecule has 0 fully saturated rings. The zero-order valence-corrected chi connectivity index (χ0v) is 8.66. The summed E-state index contributed by atoms with van der Waals surface area (Å²) < 4.78 is 5.00. The molecule has 0 aliphatic rings. The number of aromatic nitrogens is 2. The first-order valence-corrected chi connectivity index (χ1v) is 4.53. The maximum Gasteiger partial charge on any atom is 0.250 e. The molecule has 0 N–H and O–H groups in total. The summed E-state index contributed by atoms with van der Waals surface area (Å²) in [6.07, 6.45) is 4.74. The molecule has 72 valence electrons. The third-order valence-electron chi connectivity index (χ3n) is 1.53. The number of allylic oxidation sites excluding steroid dienone is 1. The molecular weight excluding hydrogens is 164 g/mol. The second-order valence-electron chi connectivity index (χ2n) is 4.10. The van der Waals surface area contributed by atoms with Crippen LogP contribution in [0.5, 0.6) is 0 Å². The van der Waals surface area contributed by atoms with Gasteiger partial charge in [0.25, 0.3) is 0 Å². The van der Waals surface area contributed by atoms with Gasteiger partial charge in [-0.05, 0) is 11.5 Å². The highest BCUT2D eigenvalue weighted by Gasteiger charge is 2.05. The first kappa shape index (κ1) is 9.96. The van der Waals surface area contributed by atoms with Gasteiger partial charge in [-0.3, -0.25) is 0 Å². The van der Waals surface area contributed by atoms with E-state index in [0.29, 0.717) is 5.89 Å². The van der Waals surface area contributed by atoms with Gasteiger partial charge in [-0.15, -0.1) is 0 Å². The van der Waals surface area contributed by atoms with Gasteiger partial charge in [-0.25, -0.2) is 0 Å². The lowest BCUT2D eigenvalue weighted by molar-refractivity contribution is 0.402. The largest absolute Gasteiger partial charge is 0.335 e. The van der Waals surface area contributed by atoms with Gasteiger partial charge >= 0.3 is 0 Å². The van der Waals surface area contributed by atoms with Crippen molar-refractivity contribution < 1.29 is 4.52 Å². The first-order valence-electron chi connectivity index (χ1n) is 4.53. The van der Waals surface area contributed by atoms with Crippen LogP contribution in [0.25, 0.3) is 6.08 Å². The molecule has 1 rings (SSSR count). The van der Waals surface area contributed by atoms with Crippen molar-refractivity contribution in [3.05, 3.63) is 17.8 Å². The van der Waals surface area contributed by atoms with Crippen LogP contribution in [0.4, 0.5) is 0 Å². The van der Waals surface area contributed by atoms with Crippen LogP contribution in [0.15, 0.2) is 10.6 Å². The van der Waals surface area contributed by atoms with Gasteiger partial charge in [0, 0.05) is 6.42 Å². The van der Waals surface area contributed by atoms with Crippen LogP contribution in [0.3, 0.4) is 0 Å². The molecule has 0 unspecified atom stereocenters. The van der Waals surface area contributed by atoms with Crippen LogP contribution in [0, 0.1) is 5.41 Å². The molecule has 0 spiro atoms. The average Bonchev–Trinajstić information content (AvgIpc) is 2.47. The van der Waals surface area contributed by atoms with Gasteiger partial charge in [0.15, 0.2) is 5.82 Å². The van der Waals surface area contributed by atoms with Crippen molar-refractivity contribution in [1.82, 2.24) is 10.1 Å². The van der Waals surface area contributed by atoms with Crippen molar-refractivity contribution in [3.8, 4) is 0 Å². The van der Waals surface area contributed by atoms with E-state index in [9.17, 15) is 0 Å². The minimum Gasteiger partial charge on any atom is -0.335 e. The molecule has 0 bridgehead atoms. The Hall–Kier alpha value is -1.12. The molecule has 1 aromatic heterocycles. The average molecular weight is 180 g/mol. The number of nitrogens with zero attached hydrogens (tertiary/aromatic N) is 2. The van der Waals surface area contributed by atoms with Crippen LogP contribution in [-0.2, 0) is 6.42 Å². The third-order valence-corrected chi connectivity index (χ3v) is 1.53. The second kappa shape index (κ2) is 3.73. The normalized spacial score (nSPS) is 12.6. The van der Waals surface area contributed by atoms with Gasteiger partial charge in [0.2, 0.25) is 5.89 Å². The highest BCUT2D eigenvalue weighted by atomic mass is 16.5. The van der Waals surface area contributed by atoms with Crippen LogP contribution in [-0.4, -0.2) is 10.1 Å². The van der Waals surface area contributed by atoms with Gasteiger partial charge < -0.3 is 4.52 Å². The van der Waals surface area contributed by atoms with Gasteiger partial charge in [-0.1, -0.05) is 38.9 Å². The molecule has 0 radical (unpaired) electrons. The molecule has 0 atom stereocenters. The summed E-state index contributed by atoms with van der Waals surface area (Å²) in [5.74, 6) is 1.35. The smallest absolute Gasteiger partial charge is 0.250 e. The Labute approximate surface area is 78.8 Å². The van der Waals surface area contributed by atoms with E-state index in [0.717, 1.165) is 12.2 Å².